The van der Waals surface area contributed by atoms with Gasteiger partial charge in [-0.2, -0.15) is 0 Å². The molecule has 1 aromatic heterocycles. The number of likely N-dealkylation sites (N-methyl/N-ethyl adjacent to an activating group) is 1. The van der Waals surface area contributed by atoms with Crippen molar-refractivity contribution < 1.29 is 4.79 Å². The summed E-state index contributed by atoms with van der Waals surface area (Å²) in [6, 6.07) is 6.04. The Morgan fingerprint density at radius 2 is 2.00 bits per heavy atom. The Bertz CT molecular complexity index is 722. The first-order valence-corrected chi connectivity index (χ1v) is 8.87. The molecule has 0 aliphatic carbocycles. The molecule has 1 saturated heterocycles. The van der Waals surface area contributed by atoms with Crippen LogP contribution in [0.15, 0.2) is 24.4 Å². The van der Waals surface area contributed by atoms with Gasteiger partial charge in [0.05, 0.1) is 6.20 Å². The van der Waals surface area contributed by atoms with Gasteiger partial charge in [-0.05, 0) is 37.7 Å². The van der Waals surface area contributed by atoms with E-state index in [2.05, 4.69) is 38.5 Å². The zero-order chi connectivity index (χ0) is 17.1. The van der Waals surface area contributed by atoms with Gasteiger partial charge in [0.15, 0.2) is 5.13 Å². The van der Waals surface area contributed by atoms with Crippen molar-refractivity contribution in [1.82, 2.24) is 9.88 Å². The summed E-state index contributed by atoms with van der Waals surface area (Å²) in [5, 5.41) is 7.41. The Labute approximate surface area is 146 Å². The molecule has 7 heteroatoms. The van der Waals surface area contributed by atoms with E-state index in [9.17, 15) is 4.79 Å². The molecule has 1 amide bonds. The van der Waals surface area contributed by atoms with Crippen molar-refractivity contribution in [3.8, 4) is 0 Å². The van der Waals surface area contributed by atoms with Crippen LogP contribution in [0.1, 0.15) is 15.9 Å². The molecular formula is C17H23N5OS. The molecule has 0 spiro atoms. The van der Waals surface area contributed by atoms with Crippen LogP contribution in [0.2, 0.25) is 0 Å². The molecule has 0 saturated carbocycles. The molecule has 2 heterocycles. The largest absolute Gasteiger partial charge is 0.379 e. The first-order valence-electron chi connectivity index (χ1n) is 8.06. The van der Waals surface area contributed by atoms with Crippen molar-refractivity contribution in [3.05, 3.63) is 35.5 Å². The third-order valence-electron chi connectivity index (χ3n) is 4.30. The van der Waals surface area contributed by atoms with Crippen LogP contribution in [0.4, 0.5) is 15.8 Å². The summed E-state index contributed by atoms with van der Waals surface area (Å²) in [6.45, 7) is 6.16. The summed E-state index contributed by atoms with van der Waals surface area (Å²) in [4.78, 5) is 21.4. The number of benzene rings is 1. The van der Waals surface area contributed by atoms with E-state index in [-0.39, 0.29) is 5.91 Å². The number of thiazole rings is 1. The average Bonchev–Trinajstić information content (AvgIpc) is 3.03. The summed E-state index contributed by atoms with van der Waals surface area (Å²) in [5.41, 5.74) is 2.85. The van der Waals surface area contributed by atoms with Gasteiger partial charge in [-0.25, -0.2) is 4.98 Å². The van der Waals surface area contributed by atoms with E-state index in [1.165, 1.54) is 17.0 Å². The fourth-order valence-corrected chi connectivity index (χ4v) is 3.44. The molecule has 6 nitrogen and oxygen atoms in total. The average molecular weight is 345 g/mol. The van der Waals surface area contributed by atoms with Gasteiger partial charge in [0.1, 0.15) is 5.00 Å². The van der Waals surface area contributed by atoms with Crippen molar-refractivity contribution in [2.24, 2.45) is 0 Å². The van der Waals surface area contributed by atoms with Gasteiger partial charge in [-0.3, -0.25) is 10.1 Å². The molecule has 2 aromatic rings. The highest BCUT2D eigenvalue weighted by Crippen LogP contribution is 2.25. The number of hydrogen-bond donors (Lipinski definition) is 2. The number of carbonyl (C=O) groups excluding carboxylic acids is 1. The van der Waals surface area contributed by atoms with Crippen molar-refractivity contribution in [1.29, 1.82) is 0 Å². The van der Waals surface area contributed by atoms with Crippen LogP contribution >= 0.6 is 11.3 Å². The molecule has 1 aliphatic heterocycles. The fourth-order valence-electron chi connectivity index (χ4n) is 2.78. The number of aryl methyl sites for hydroxylation is 1. The Balaban J connectivity index is 1.70. The van der Waals surface area contributed by atoms with Crippen LogP contribution in [0.25, 0.3) is 0 Å². The number of aromatic nitrogens is 1. The van der Waals surface area contributed by atoms with Gasteiger partial charge >= 0.3 is 0 Å². The number of nitrogens with zero attached hydrogens (tertiary/aromatic N) is 3. The van der Waals surface area contributed by atoms with Gasteiger partial charge in [-0.1, -0.05) is 11.3 Å². The second kappa shape index (κ2) is 7.19. The van der Waals surface area contributed by atoms with E-state index < -0.39 is 0 Å². The minimum absolute atomic E-state index is 0.116. The maximum absolute atomic E-state index is 12.5. The topological polar surface area (TPSA) is 60.5 Å². The standard InChI is InChI=1S/C17H23N5OS/c1-12-10-13(22-8-6-21(3)7-9-22)4-5-14(12)16(23)20-17-19-11-15(18-2)24-17/h4-5,10-11,18H,6-9H2,1-3H3,(H,19,20,23). The van der Waals surface area contributed by atoms with Crippen LogP contribution in [0.3, 0.4) is 0 Å². The van der Waals surface area contributed by atoms with Gasteiger partial charge in [0.2, 0.25) is 0 Å². The Morgan fingerprint density at radius 1 is 1.25 bits per heavy atom. The predicted molar refractivity (Wildman–Crippen MR) is 101 cm³/mol. The molecular weight excluding hydrogens is 322 g/mol. The summed E-state index contributed by atoms with van der Waals surface area (Å²) in [6.07, 6.45) is 1.71. The molecule has 0 radical (unpaired) electrons. The van der Waals surface area contributed by atoms with Crippen molar-refractivity contribution >= 4 is 33.1 Å². The van der Waals surface area contributed by atoms with E-state index in [1.807, 2.05) is 26.1 Å². The Kier molecular flexibility index (Phi) is 5.01. The highest BCUT2D eigenvalue weighted by Gasteiger charge is 2.17. The Hall–Kier alpha value is -2.12. The summed E-state index contributed by atoms with van der Waals surface area (Å²) < 4.78 is 0. The molecule has 128 valence electrons. The zero-order valence-corrected chi connectivity index (χ0v) is 15.1. The van der Waals surface area contributed by atoms with E-state index in [1.54, 1.807) is 6.20 Å². The number of carbonyl (C=O) groups is 1. The van der Waals surface area contributed by atoms with Gasteiger partial charge < -0.3 is 15.1 Å². The molecule has 0 bridgehead atoms. The SMILES string of the molecule is CNc1cnc(NC(=O)c2ccc(N3CCN(C)CC3)cc2C)s1. The molecule has 0 unspecified atom stereocenters. The third-order valence-corrected chi connectivity index (χ3v) is 5.23. The minimum Gasteiger partial charge on any atom is -0.379 e. The highest BCUT2D eigenvalue weighted by atomic mass is 32.1. The van der Waals surface area contributed by atoms with E-state index in [0.29, 0.717) is 10.7 Å². The van der Waals surface area contributed by atoms with Gasteiger partial charge in [-0.15, -0.1) is 0 Å². The number of rotatable bonds is 4. The first-order chi connectivity index (χ1) is 11.6. The van der Waals surface area contributed by atoms with Crippen molar-refractivity contribution in [3.63, 3.8) is 0 Å². The third kappa shape index (κ3) is 3.68. The van der Waals surface area contributed by atoms with Gasteiger partial charge in [0, 0.05) is 44.5 Å². The molecule has 0 atom stereocenters. The zero-order valence-electron chi connectivity index (χ0n) is 14.3. The number of anilines is 3. The summed E-state index contributed by atoms with van der Waals surface area (Å²) >= 11 is 1.42. The lowest BCUT2D eigenvalue weighted by Crippen LogP contribution is -2.44. The normalized spacial score (nSPS) is 15.4. The lowest BCUT2D eigenvalue weighted by atomic mass is 10.1. The number of hydrogen-bond acceptors (Lipinski definition) is 6. The predicted octanol–water partition coefficient (Wildman–Crippen LogP) is 2.50. The number of piperazine rings is 1. The number of amides is 1. The smallest absolute Gasteiger partial charge is 0.257 e. The molecule has 3 rings (SSSR count). The first kappa shape index (κ1) is 16.7. The molecule has 1 aliphatic rings. The monoisotopic (exact) mass is 345 g/mol. The van der Waals surface area contributed by atoms with E-state index >= 15 is 0 Å². The van der Waals surface area contributed by atoms with Crippen LogP contribution in [0.5, 0.6) is 0 Å². The summed E-state index contributed by atoms with van der Waals surface area (Å²) in [5.74, 6) is -0.116. The van der Waals surface area contributed by atoms with E-state index in [4.69, 9.17) is 0 Å². The maximum Gasteiger partial charge on any atom is 0.257 e. The highest BCUT2D eigenvalue weighted by molar-refractivity contribution is 7.19. The molecule has 1 fully saturated rings. The summed E-state index contributed by atoms with van der Waals surface area (Å²) in [7, 11) is 3.98. The lowest BCUT2D eigenvalue weighted by Gasteiger charge is -2.34. The van der Waals surface area contributed by atoms with Gasteiger partial charge in [0.25, 0.3) is 5.91 Å². The van der Waals surface area contributed by atoms with E-state index in [0.717, 1.165) is 36.7 Å². The second-order valence-electron chi connectivity index (χ2n) is 6.02. The van der Waals surface area contributed by atoms with Crippen LogP contribution in [-0.4, -0.2) is 56.1 Å². The van der Waals surface area contributed by atoms with Crippen LogP contribution in [0, 0.1) is 6.92 Å². The minimum atomic E-state index is -0.116. The lowest BCUT2D eigenvalue weighted by molar-refractivity contribution is 0.102. The second-order valence-corrected chi connectivity index (χ2v) is 7.05. The van der Waals surface area contributed by atoms with Crippen molar-refractivity contribution in [2.45, 2.75) is 6.92 Å². The van der Waals surface area contributed by atoms with Crippen LogP contribution < -0.4 is 15.5 Å². The fraction of sp³-hybridized carbons (Fsp3) is 0.412. The Morgan fingerprint density at radius 3 is 2.62 bits per heavy atom. The molecule has 2 N–H and O–H groups in total. The quantitative estimate of drug-likeness (QED) is 0.892. The van der Waals surface area contributed by atoms with Crippen LogP contribution in [-0.2, 0) is 0 Å². The molecule has 1 aromatic carbocycles. The number of nitrogens with one attached hydrogen (secondary N) is 2. The molecule has 24 heavy (non-hydrogen) atoms. The maximum atomic E-state index is 12.5. The van der Waals surface area contributed by atoms with Crippen molar-refractivity contribution in [2.75, 3.05) is 55.8 Å².